The van der Waals surface area contributed by atoms with Crippen LogP contribution in [0.3, 0.4) is 0 Å². The highest BCUT2D eigenvalue weighted by Gasteiger charge is 2.11. The van der Waals surface area contributed by atoms with Crippen LogP contribution in [-0.4, -0.2) is 5.11 Å². The first-order valence-corrected chi connectivity index (χ1v) is 5.97. The van der Waals surface area contributed by atoms with Gasteiger partial charge in [0, 0.05) is 5.02 Å². The minimum atomic E-state index is -0.413. The van der Waals surface area contributed by atoms with E-state index in [2.05, 4.69) is 6.92 Å². The van der Waals surface area contributed by atoms with Crippen molar-refractivity contribution in [3.63, 3.8) is 0 Å². The van der Waals surface area contributed by atoms with Crippen LogP contribution in [0, 0.1) is 6.92 Å². The van der Waals surface area contributed by atoms with Gasteiger partial charge in [0.05, 0.1) is 6.10 Å². The lowest BCUT2D eigenvalue weighted by Crippen LogP contribution is -1.99. The molecular formula is C13H19ClO. The molecule has 0 spiro atoms. The Balaban J connectivity index is 2.65. The Hall–Kier alpha value is -0.530. The lowest BCUT2D eigenvalue weighted by Gasteiger charge is -2.13. The molecule has 0 aliphatic rings. The molecule has 0 bridgehead atoms. The molecule has 1 unspecified atom stereocenters. The minimum absolute atomic E-state index is 0.413. The fourth-order valence-electron chi connectivity index (χ4n) is 1.67. The SMILES string of the molecule is CCCCCC(O)c1cccc(C)c1Cl. The third-order valence-electron chi connectivity index (χ3n) is 2.66. The lowest BCUT2D eigenvalue weighted by atomic mass is 10.0. The van der Waals surface area contributed by atoms with Gasteiger partial charge in [-0.05, 0) is 24.5 Å². The summed E-state index contributed by atoms with van der Waals surface area (Å²) in [6.45, 7) is 4.12. The number of hydrogen-bond donors (Lipinski definition) is 1. The summed E-state index contributed by atoms with van der Waals surface area (Å²) in [5.74, 6) is 0. The third-order valence-corrected chi connectivity index (χ3v) is 3.18. The van der Waals surface area contributed by atoms with Gasteiger partial charge in [-0.15, -0.1) is 0 Å². The van der Waals surface area contributed by atoms with Crippen LogP contribution in [-0.2, 0) is 0 Å². The van der Waals surface area contributed by atoms with Crippen LogP contribution in [0.4, 0.5) is 0 Å². The average molecular weight is 227 g/mol. The zero-order valence-corrected chi connectivity index (χ0v) is 10.2. The number of hydrogen-bond acceptors (Lipinski definition) is 1. The topological polar surface area (TPSA) is 20.2 Å². The van der Waals surface area contributed by atoms with Crippen LogP contribution in [0.15, 0.2) is 18.2 Å². The molecule has 0 amide bonds. The summed E-state index contributed by atoms with van der Waals surface area (Å²) in [5, 5.41) is 10.7. The molecule has 15 heavy (non-hydrogen) atoms. The van der Waals surface area contributed by atoms with Crippen LogP contribution in [0.2, 0.25) is 5.02 Å². The first-order valence-electron chi connectivity index (χ1n) is 5.60. The van der Waals surface area contributed by atoms with Gasteiger partial charge in [0.2, 0.25) is 0 Å². The first kappa shape index (κ1) is 12.5. The standard InChI is InChI=1S/C13H19ClO/c1-3-4-5-9-12(15)11-8-6-7-10(2)13(11)14/h6-8,12,15H,3-5,9H2,1-2H3. The number of halogens is 1. The molecule has 0 saturated carbocycles. The van der Waals surface area contributed by atoms with Crippen molar-refractivity contribution in [2.24, 2.45) is 0 Å². The quantitative estimate of drug-likeness (QED) is 0.744. The molecular weight excluding hydrogens is 208 g/mol. The maximum Gasteiger partial charge on any atom is 0.0804 e. The molecule has 0 radical (unpaired) electrons. The van der Waals surface area contributed by atoms with Crippen molar-refractivity contribution >= 4 is 11.6 Å². The van der Waals surface area contributed by atoms with Gasteiger partial charge in [-0.3, -0.25) is 0 Å². The molecule has 1 N–H and O–H groups in total. The largest absolute Gasteiger partial charge is 0.388 e. The summed E-state index contributed by atoms with van der Waals surface area (Å²) < 4.78 is 0. The monoisotopic (exact) mass is 226 g/mol. The number of aryl methyl sites for hydroxylation is 1. The van der Waals surface area contributed by atoms with E-state index in [0.717, 1.165) is 24.0 Å². The van der Waals surface area contributed by atoms with Gasteiger partial charge in [0.15, 0.2) is 0 Å². The number of aliphatic hydroxyl groups excluding tert-OH is 1. The van der Waals surface area contributed by atoms with Crippen LogP contribution in [0.1, 0.15) is 49.8 Å². The Morgan fingerprint density at radius 3 is 2.73 bits per heavy atom. The van der Waals surface area contributed by atoms with E-state index in [1.54, 1.807) is 0 Å². The zero-order valence-electron chi connectivity index (χ0n) is 9.46. The van der Waals surface area contributed by atoms with Gasteiger partial charge >= 0.3 is 0 Å². The molecule has 0 fully saturated rings. The summed E-state index contributed by atoms with van der Waals surface area (Å²) in [6.07, 6.45) is 3.79. The minimum Gasteiger partial charge on any atom is -0.388 e. The molecule has 1 rings (SSSR count). The Labute approximate surface area is 97.1 Å². The number of rotatable bonds is 5. The van der Waals surface area contributed by atoms with Crippen molar-refractivity contribution < 1.29 is 5.11 Å². The van der Waals surface area contributed by atoms with Crippen LogP contribution < -0.4 is 0 Å². The highest BCUT2D eigenvalue weighted by atomic mass is 35.5. The maximum atomic E-state index is 9.97. The van der Waals surface area contributed by atoms with E-state index in [-0.39, 0.29) is 0 Å². The van der Waals surface area contributed by atoms with E-state index >= 15 is 0 Å². The second-order valence-electron chi connectivity index (χ2n) is 3.99. The second kappa shape index (κ2) is 6.14. The first-order chi connectivity index (χ1) is 7.16. The molecule has 2 heteroatoms. The Morgan fingerprint density at radius 2 is 2.07 bits per heavy atom. The van der Waals surface area contributed by atoms with E-state index in [1.807, 2.05) is 25.1 Å². The van der Waals surface area contributed by atoms with Crippen molar-refractivity contribution in [3.8, 4) is 0 Å². The number of unbranched alkanes of at least 4 members (excludes halogenated alkanes) is 2. The second-order valence-corrected chi connectivity index (χ2v) is 4.37. The van der Waals surface area contributed by atoms with Crippen LogP contribution in [0.25, 0.3) is 0 Å². The summed E-state index contributed by atoms with van der Waals surface area (Å²) in [7, 11) is 0. The van der Waals surface area contributed by atoms with Crippen LogP contribution >= 0.6 is 11.6 Å². The average Bonchev–Trinajstić information content (AvgIpc) is 2.22. The number of aliphatic hydroxyl groups is 1. The maximum absolute atomic E-state index is 9.97. The number of benzene rings is 1. The summed E-state index contributed by atoms with van der Waals surface area (Å²) in [4.78, 5) is 0. The van der Waals surface area contributed by atoms with Gasteiger partial charge in [-0.25, -0.2) is 0 Å². The molecule has 0 aromatic heterocycles. The van der Waals surface area contributed by atoms with E-state index in [1.165, 1.54) is 12.8 Å². The van der Waals surface area contributed by atoms with Crippen LogP contribution in [0.5, 0.6) is 0 Å². The van der Waals surface area contributed by atoms with Gasteiger partial charge in [-0.2, -0.15) is 0 Å². The zero-order chi connectivity index (χ0) is 11.3. The Morgan fingerprint density at radius 1 is 1.33 bits per heavy atom. The smallest absolute Gasteiger partial charge is 0.0804 e. The summed E-state index contributed by atoms with van der Waals surface area (Å²) in [5.41, 5.74) is 1.90. The lowest BCUT2D eigenvalue weighted by molar-refractivity contribution is 0.163. The van der Waals surface area contributed by atoms with E-state index < -0.39 is 6.10 Å². The van der Waals surface area contributed by atoms with E-state index in [4.69, 9.17) is 11.6 Å². The summed E-state index contributed by atoms with van der Waals surface area (Å²) >= 11 is 6.14. The Kier molecular flexibility index (Phi) is 5.13. The van der Waals surface area contributed by atoms with Crippen molar-refractivity contribution in [1.82, 2.24) is 0 Å². The molecule has 0 aliphatic carbocycles. The van der Waals surface area contributed by atoms with Crippen molar-refractivity contribution in [2.45, 2.75) is 45.6 Å². The predicted molar refractivity (Wildman–Crippen MR) is 65.3 cm³/mol. The highest BCUT2D eigenvalue weighted by Crippen LogP contribution is 2.28. The molecule has 1 aromatic rings. The van der Waals surface area contributed by atoms with Gasteiger partial charge in [0.1, 0.15) is 0 Å². The van der Waals surface area contributed by atoms with Crippen molar-refractivity contribution in [2.75, 3.05) is 0 Å². The molecule has 1 aromatic carbocycles. The van der Waals surface area contributed by atoms with Gasteiger partial charge in [-0.1, -0.05) is 56.0 Å². The fraction of sp³-hybridized carbons (Fsp3) is 0.538. The Bertz CT molecular complexity index is 309. The molecule has 84 valence electrons. The predicted octanol–water partition coefficient (Wildman–Crippen LogP) is 4.26. The summed E-state index contributed by atoms with van der Waals surface area (Å²) in [6, 6.07) is 5.82. The van der Waals surface area contributed by atoms with Gasteiger partial charge < -0.3 is 5.11 Å². The molecule has 1 atom stereocenters. The molecule has 0 aliphatic heterocycles. The van der Waals surface area contributed by atoms with Crippen molar-refractivity contribution in [3.05, 3.63) is 34.3 Å². The normalized spacial score (nSPS) is 12.8. The van der Waals surface area contributed by atoms with E-state index in [0.29, 0.717) is 5.02 Å². The van der Waals surface area contributed by atoms with Crippen molar-refractivity contribution in [1.29, 1.82) is 0 Å². The molecule has 0 heterocycles. The van der Waals surface area contributed by atoms with Gasteiger partial charge in [0.25, 0.3) is 0 Å². The molecule has 1 nitrogen and oxygen atoms in total. The third kappa shape index (κ3) is 3.51. The van der Waals surface area contributed by atoms with E-state index in [9.17, 15) is 5.11 Å². The molecule has 0 saturated heterocycles. The fourth-order valence-corrected chi connectivity index (χ4v) is 1.92. The highest BCUT2D eigenvalue weighted by molar-refractivity contribution is 6.32.